The largest absolute Gasteiger partial charge is 0.392 e. The first-order valence-corrected chi connectivity index (χ1v) is 9.59. The average Bonchev–Trinajstić information content (AvgIpc) is 2.88. The molecule has 2 aliphatic carbocycles. The molecular formula is C20H31ClO3. The Bertz CT molecular complexity index is 553. The highest BCUT2D eigenvalue weighted by molar-refractivity contribution is 6.21. The zero-order valence-electron chi connectivity index (χ0n) is 15.3. The highest BCUT2D eigenvalue weighted by atomic mass is 35.5. The maximum Gasteiger partial charge on any atom is 0.162 e. The van der Waals surface area contributed by atoms with Crippen LogP contribution in [0.1, 0.15) is 53.4 Å². The van der Waals surface area contributed by atoms with Gasteiger partial charge < -0.3 is 14.9 Å². The Morgan fingerprint density at radius 2 is 2.08 bits per heavy atom. The van der Waals surface area contributed by atoms with Crippen molar-refractivity contribution < 1.29 is 14.9 Å². The molecule has 0 aromatic carbocycles. The number of hydrogen-bond acceptors (Lipinski definition) is 3. The van der Waals surface area contributed by atoms with E-state index in [2.05, 4.69) is 39.8 Å². The number of rotatable bonds is 3. The van der Waals surface area contributed by atoms with Gasteiger partial charge in [0, 0.05) is 16.7 Å². The van der Waals surface area contributed by atoms with E-state index in [1.54, 1.807) is 0 Å². The lowest BCUT2D eigenvalue weighted by Gasteiger charge is -2.60. The zero-order valence-corrected chi connectivity index (χ0v) is 16.0. The molecule has 3 aliphatic rings. The highest BCUT2D eigenvalue weighted by Gasteiger charge is 2.63. The quantitative estimate of drug-likeness (QED) is 0.594. The first kappa shape index (κ1) is 18.4. The van der Waals surface area contributed by atoms with Crippen molar-refractivity contribution in [3.63, 3.8) is 0 Å². The second kappa shape index (κ2) is 6.42. The fourth-order valence-electron chi connectivity index (χ4n) is 5.54. The molecule has 1 heterocycles. The second-order valence-electron chi connectivity index (χ2n) is 8.66. The minimum absolute atomic E-state index is 0.0504. The molecule has 0 amide bonds. The molecule has 0 aromatic rings. The summed E-state index contributed by atoms with van der Waals surface area (Å²) in [6, 6.07) is 0. The summed E-state index contributed by atoms with van der Waals surface area (Å²) < 4.78 is 5.50. The van der Waals surface area contributed by atoms with Gasteiger partial charge in [-0.05, 0) is 56.4 Å². The molecule has 1 saturated heterocycles. The summed E-state index contributed by atoms with van der Waals surface area (Å²) in [6.07, 6.45) is 6.68. The van der Waals surface area contributed by atoms with Crippen molar-refractivity contribution >= 4 is 11.6 Å². The number of aliphatic hydroxyl groups excluding tert-OH is 2. The van der Waals surface area contributed by atoms with Gasteiger partial charge >= 0.3 is 0 Å². The van der Waals surface area contributed by atoms with Gasteiger partial charge in [-0.1, -0.05) is 31.6 Å². The lowest BCUT2D eigenvalue weighted by molar-refractivity contribution is -0.182. The van der Waals surface area contributed by atoms with Crippen LogP contribution in [-0.4, -0.2) is 34.6 Å². The monoisotopic (exact) mass is 354 g/mol. The van der Waals surface area contributed by atoms with Crippen LogP contribution >= 0.6 is 11.6 Å². The lowest BCUT2D eigenvalue weighted by atomic mass is 9.46. The molecule has 0 aromatic heterocycles. The first-order valence-electron chi connectivity index (χ1n) is 9.15. The molecule has 24 heavy (non-hydrogen) atoms. The van der Waals surface area contributed by atoms with E-state index in [0.29, 0.717) is 13.0 Å². The summed E-state index contributed by atoms with van der Waals surface area (Å²) in [7, 11) is 0. The van der Waals surface area contributed by atoms with Crippen molar-refractivity contribution in [3.8, 4) is 0 Å². The first-order chi connectivity index (χ1) is 11.2. The van der Waals surface area contributed by atoms with Gasteiger partial charge in [-0.15, -0.1) is 11.6 Å². The van der Waals surface area contributed by atoms with Gasteiger partial charge in [0.05, 0.1) is 12.7 Å². The normalized spacial score (nSPS) is 47.6. The predicted octanol–water partition coefficient (Wildman–Crippen LogP) is 4.03. The second-order valence-corrected chi connectivity index (χ2v) is 9.18. The molecule has 0 bridgehead atoms. The fourth-order valence-corrected chi connectivity index (χ4v) is 5.97. The smallest absolute Gasteiger partial charge is 0.162 e. The summed E-state index contributed by atoms with van der Waals surface area (Å²) in [6.45, 7) is 9.15. The van der Waals surface area contributed by atoms with E-state index >= 15 is 0 Å². The van der Waals surface area contributed by atoms with E-state index < -0.39 is 12.4 Å². The van der Waals surface area contributed by atoms with Crippen LogP contribution in [0.15, 0.2) is 23.3 Å². The van der Waals surface area contributed by atoms with Gasteiger partial charge in [0.15, 0.2) is 6.29 Å². The fraction of sp³-hybridized carbons (Fsp3) is 0.800. The van der Waals surface area contributed by atoms with E-state index in [1.165, 1.54) is 5.57 Å². The van der Waals surface area contributed by atoms with Crippen LogP contribution in [0.25, 0.3) is 0 Å². The Morgan fingerprint density at radius 3 is 2.75 bits per heavy atom. The van der Waals surface area contributed by atoms with Crippen LogP contribution in [0.3, 0.4) is 0 Å². The number of allylic oxidation sites excluding steroid dienone is 3. The third-order valence-electron chi connectivity index (χ3n) is 7.04. The van der Waals surface area contributed by atoms with E-state index in [1.807, 2.05) is 0 Å². The highest BCUT2D eigenvalue weighted by Crippen LogP contribution is 2.63. The molecule has 7 atom stereocenters. The molecule has 1 aliphatic heterocycles. The molecule has 136 valence electrons. The average molecular weight is 355 g/mol. The van der Waals surface area contributed by atoms with Gasteiger partial charge in [0.1, 0.15) is 0 Å². The van der Waals surface area contributed by atoms with Crippen LogP contribution in [-0.2, 0) is 4.74 Å². The number of halogens is 1. The van der Waals surface area contributed by atoms with Crippen LogP contribution < -0.4 is 0 Å². The van der Waals surface area contributed by atoms with Crippen molar-refractivity contribution in [2.75, 3.05) is 6.61 Å². The van der Waals surface area contributed by atoms with Gasteiger partial charge in [0.2, 0.25) is 0 Å². The molecule has 2 N–H and O–H groups in total. The van der Waals surface area contributed by atoms with Crippen LogP contribution in [0, 0.1) is 22.7 Å². The SMILES string of the molecule is CC(C)=CCC[C@]1(C)[C@@H](Cl)C[C@H](O)[C@]2(C)[C@@H]3C(=CC[C@@H]12)CO[C@H]3O. The van der Waals surface area contributed by atoms with E-state index in [-0.39, 0.29) is 28.0 Å². The Hall–Kier alpha value is -0.350. The minimum atomic E-state index is -0.812. The maximum atomic E-state index is 11.0. The van der Waals surface area contributed by atoms with Crippen LogP contribution in [0.5, 0.6) is 0 Å². The summed E-state index contributed by atoms with van der Waals surface area (Å²) in [5.74, 6) is 0.130. The molecule has 2 fully saturated rings. The van der Waals surface area contributed by atoms with Crippen molar-refractivity contribution in [3.05, 3.63) is 23.3 Å². The number of ether oxygens (including phenoxy) is 1. The Balaban J connectivity index is 1.96. The predicted molar refractivity (Wildman–Crippen MR) is 96.8 cm³/mol. The van der Waals surface area contributed by atoms with Crippen molar-refractivity contribution in [2.24, 2.45) is 22.7 Å². The third-order valence-corrected chi connectivity index (χ3v) is 7.71. The van der Waals surface area contributed by atoms with Gasteiger partial charge in [-0.3, -0.25) is 0 Å². The summed E-state index contributed by atoms with van der Waals surface area (Å²) in [5.41, 5.74) is 2.03. The maximum absolute atomic E-state index is 11.0. The molecule has 0 unspecified atom stereocenters. The topological polar surface area (TPSA) is 49.7 Å². The van der Waals surface area contributed by atoms with Crippen molar-refractivity contribution in [1.82, 2.24) is 0 Å². The minimum Gasteiger partial charge on any atom is -0.392 e. The van der Waals surface area contributed by atoms with Gasteiger partial charge in [-0.2, -0.15) is 0 Å². The van der Waals surface area contributed by atoms with Crippen molar-refractivity contribution in [2.45, 2.75) is 71.1 Å². The molecule has 3 rings (SSSR count). The molecule has 0 radical (unpaired) electrons. The molecular weight excluding hydrogens is 324 g/mol. The summed E-state index contributed by atoms with van der Waals surface area (Å²) in [5, 5.41) is 21.3. The van der Waals surface area contributed by atoms with Gasteiger partial charge in [-0.25, -0.2) is 0 Å². The molecule has 4 heteroatoms. The zero-order chi connectivity index (χ0) is 17.7. The summed E-state index contributed by atoms with van der Waals surface area (Å²) >= 11 is 6.80. The Kier molecular flexibility index (Phi) is 4.94. The Labute approximate surface area is 150 Å². The number of fused-ring (bicyclic) bond motifs is 3. The molecule has 0 spiro atoms. The van der Waals surface area contributed by atoms with E-state index in [9.17, 15) is 10.2 Å². The number of alkyl halides is 1. The van der Waals surface area contributed by atoms with E-state index in [4.69, 9.17) is 16.3 Å². The standard InChI is InChI=1S/C20H31ClO3/c1-12(2)6-5-9-19(3)14-8-7-13-11-24-18(23)17(13)20(14,4)16(22)10-15(19)21/h6-7,14-18,22-23H,5,8-11H2,1-4H3/t14-,15-,16-,17+,18+,19-,20+/m0/s1. The van der Waals surface area contributed by atoms with Crippen LogP contribution in [0.2, 0.25) is 0 Å². The van der Waals surface area contributed by atoms with Gasteiger partial charge in [0.25, 0.3) is 0 Å². The molecule has 3 nitrogen and oxygen atoms in total. The Morgan fingerprint density at radius 1 is 1.38 bits per heavy atom. The molecule has 1 saturated carbocycles. The van der Waals surface area contributed by atoms with E-state index in [0.717, 1.165) is 24.8 Å². The van der Waals surface area contributed by atoms with Crippen molar-refractivity contribution in [1.29, 1.82) is 0 Å². The third kappa shape index (κ3) is 2.68. The van der Waals surface area contributed by atoms with Crippen LogP contribution in [0.4, 0.5) is 0 Å². The number of hydrogen-bond donors (Lipinski definition) is 2. The lowest BCUT2D eigenvalue weighted by Crippen LogP contribution is -2.61. The number of aliphatic hydroxyl groups is 2. The summed E-state index contributed by atoms with van der Waals surface area (Å²) in [4.78, 5) is 0.